The third-order valence-corrected chi connectivity index (χ3v) is 3.62. The third-order valence-electron chi connectivity index (χ3n) is 3.62. The highest BCUT2D eigenvalue weighted by Crippen LogP contribution is 2.29. The molecule has 1 amide bonds. The maximum absolute atomic E-state index is 12.0. The van der Waals surface area contributed by atoms with Crippen LogP contribution >= 0.6 is 0 Å². The van der Waals surface area contributed by atoms with E-state index in [1.165, 1.54) is 0 Å². The number of rotatable bonds is 1. The van der Waals surface area contributed by atoms with Crippen molar-refractivity contribution in [3.8, 4) is 0 Å². The fourth-order valence-electron chi connectivity index (χ4n) is 2.87. The Labute approximate surface area is 95.4 Å². The van der Waals surface area contributed by atoms with Crippen molar-refractivity contribution in [3.63, 3.8) is 0 Å². The molecule has 84 valence electrons. The van der Waals surface area contributed by atoms with E-state index in [4.69, 9.17) is 0 Å². The normalized spacial score (nSPS) is 29.2. The molecule has 1 aromatic rings. The number of nitrogens with one attached hydrogen (secondary N) is 1. The summed E-state index contributed by atoms with van der Waals surface area (Å²) in [6.07, 6.45) is 2.74. The molecule has 3 nitrogen and oxygen atoms in total. The molecule has 0 unspecified atom stereocenters. The van der Waals surface area contributed by atoms with Gasteiger partial charge in [-0.05, 0) is 31.5 Å². The topological polar surface area (TPSA) is 32.3 Å². The fraction of sp³-hybridized carbons (Fsp3) is 0.462. The minimum absolute atomic E-state index is 0.274. The van der Waals surface area contributed by atoms with E-state index >= 15 is 0 Å². The van der Waals surface area contributed by atoms with Gasteiger partial charge in [-0.2, -0.15) is 0 Å². The van der Waals surface area contributed by atoms with Crippen LogP contribution in [0.4, 0.5) is 5.69 Å². The minimum atomic E-state index is 0.274. The van der Waals surface area contributed by atoms with E-state index in [0.29, 0.717) is 18.5 Å². The van der Waals surface area contributed by atoms with Crippen LogP contribution < -0.4 is 10.2 Å². The summed E-state index contributed by atoms with van der Waals surface area (Å²) >= 11 is 0. The first-order chi connectivity index (χ1) is 7.86. The molecule has 3 rings (SSSR count). The number of para-hydroxylation sites is 1. The number of fused-ring (bicyclic) bond motifs is 1. The van der Waals surface area contributed by atoms with Crippen LogP contribution in [0.5, 0.6) is 0 Å². The highest BCUT2D eigenvalue weighted by molar-refractivity contribution is 5.95. The molecule has 3 heteroatoms. The predicted octanol–water partition coefficient (Wildman–Crippen LogP) is 1.54. The van der Waals surface area contributed by atoms with E-state index in [9.17, 15) is 4.79 Å². The van der Waals surface area contributed by atoms with E-state index in [1.54, 1.807) is 0 Å². The van der Waals surface area contributed by atoms with Gasteiger partial charge in [0.25, 0.3) is 0 Å². The number of piperidine rings is 1. The molecule has 2 heterocycles. The van der Waals surface area contributed by atoms with Crippen LogP contribution in [-0.2, 0) is 4.79 Å². The van der Waals surface area contributed by atoms with Gasteiger partial charge in [0.1, 0.15) is 0 Å². The second-order valence-corrected chi connectivity index (χ2v) is 4.55. The average Bonchev–Trinajstić information content (AvgIpc) is 2.78. The number of carbonyl (C=O) groups is 1. The maximum atomic E-state index is 12.0. The molecule has 0 radical (unpaired) electrons. The lowest BCUT2D eigenvalue weighted by atomic mass is 9.96. The maximum Gasteiger partial charge on any atom is 0.227 e. The average molecular weight is 216 g/mol. The predicted molar refractivity (Wildman–Crippen MR) is 63.4 cm³/mol. The Hall–Kier alpha value is -1.35. The number of carbonyl (C=O) groups excluding carboxylic acids is 1. The number of nitrogens with zero attached hydrogens (tertiary/aromatic N) is 1. The van der Waals surface area contributed by atoms with Crippen molar-refractivity contribution in [2.75, 3.05) is 11.4 Å². The Bertz CT molecular complexity index is 390. The first-order valence-electron chi connectivity index (χ1n) is 5.97. The van der Waals surface area contributed by atoms with E-state index in [2.05, 4.69) is 5.32 Å². The molecule has 0 aliphatic carbocycles. The molecule has 1 N–H and O–H groups in total. The first-order valence-corrected chi connectivity index (χ1v) is 5.97. The van der Waals surface area contributed by atoms with Crippen molar-refractivity contribution in [3.05, 3.63) is 30.3 Å². The quantitative estimate of drug-likeness (QED) is 0.772. The molecule has 2 aliphatic heterocycles. The highest BCUT2D eigenvalue weighted by atomic mass is 16.2. The second kappa shape index (κ2) is 3.91. The third kappa shape index (κ3) is 1.52. The van der Waals surface area contributed by atoms with Crippen molar-refractivity contribution in [1.29, 1.82) is 0 Å². The van der Waals surface area contributed by atoms with E-state index in [-0.39, 0.29) is 5.91 Å². The van der Waals surface area contributed by atoms with Crippen molar-refractivity contribution in [2.24, 2.45) is 0 Å². The largest absolute Gasteiger partial charge is 0.312 e. The van der Waals surface area contributed by atoms with Gasteiger partial charge in [-0.3, -0.25) is 4.79 Å². The van der Waals surface area contributed by atoms with Crippen LogP contribution in [0.1, 0.15) is 19.3 Å². The lowest BCUT2D eigenvalue weighted by Gasteiger charge is -2.37. The summed E-state index contributed by atoms with van der Waals surface area (Å²) in [6.45, 7) is 1.03. The Balaban J connectivity index is 1.94. The minimum Gasteiger partial charge on any atom is -0.312 e. The Kier molecular flexibility index (Phi) is 2.40. The van der Waals surface area contributed by atoms with Crippen LogP contribution in [0.15, 0.2) is 30.3 Å². The number of anilines is 1. The second-order valence-electron chi connectivity index (χ2n) is 4.55. The van der Waals surface area contributed by atoms with Crippen molar-refractivity contribution in [1.82, 2.24) is 5.32 Å². The highest BCUT2D eigenvalue weighted by Gasteiger charge is 2.39. The van der Waals surface area contributed by atoms with Crippen molar-refractivity contribution in [2.45, 2.75) is 31.3 Å². The molecular formula is C13H16N2O. The molecule has 2 atom stereocenters. The molecular weight excluding hydrogens is 200 g/mol. The zero-order valence-electron chi connectivity index (χ0n) is 9.23. The Morgan fingerprint density at radius 2 is 2.00 bits per heavy atom. The van der Waals surface area contributed by atoms with Crippen LogP contribution in [-0.4, -0.2) is 24.5 Å². The molecule has 1 aromatic carbocycles. The van der Waals surface area contributed by atoms with Gasteiger partial charge in [0.15, 0.2) is 0 Å². The van der Waals surface area contributed by atoms with Crippen LogP contribution in [0.2, 0.25) is 0 Å². The summed E-state index contributed by atoms with van der Waals surface area (Å²) in [4.78, 5) is 14.0. The van der Waals surface area contributed by atoms with Gasteiger partial charge in [-0.1, -0.05) is 18.2 Å². The molecule has 16 heavy (non-hydrogen) atoms. The van der Waals surface area contributed by atoms with Crippen molar-refractivity contribution < 1.29 is 4.79 Å². The zero-order chi connectivity index (χ0) is 11.0. The summed E-state index contributed by atoms with van der Waals surface area (Å²) in [5.41, 5.74) is 1.05. The van der Waals surface area contributed by atoms with E-state index in [1.807, 2.05) is 35.2 Å². The smallest absolute Gasteiger partial charge is 0.227 e. The number of hydrogen-bond donors (Lipinski definition) is 1. The SMILES string of the molecule is O=C1CC[C@H]2NCC[C@H]2N1c1ccccc1. The van der Waals surface area contributed by atoms with Crippen LogP contribution in [0.3, 0.4) is 0 Å². The summed E-state index contributed by atoms with van der Waals surface area (Å²) in [5.74, 6) is 0.274. The lowest BCUT2D eigenvalue weighted by molar-refractivity contribution is -0.120. The van der Waals surface area contributed by atoms with Gasteiger partial charge in [-0.25, -0.2) is 0 Å². The Morgan fingerprint density at radius 1 is 1.19 bits per heavy atom. The number of amides is 1. The summed E-state index contributed by atoms with van der Waals surface area (Å²) in [6, 6.07) is 10.9. The van der Waals surface area contributed by atoms with Gasteiger partial charge >= 0.3 is 0 Å². The molecule has 0 spiro atoms. The molecule has 0 bridgehead atoms. The van der Waals surface area contributed by atoms with Gasteiger partial charge in [0.2, 0.25) is 5.91 Å². The lowest BCUT2D eigenvalue weighted by Crippen LogP contribution is -2.51. The van der Waals surface area contributed by atoms with Gasteiger partial charge in [0, 0.05) is 18.2 Å². The number of benzene rings is 1. The fourth-order valence-corrected chi connectivity index (χ4v) is 2.87. The first kappa shape index (κ1) is 9.85. The zero-order valence-corrected chi connectivity index (χ0v) is 9.23. The van der Waals surface area contributed by atoms with E-state index < -0.39 is 0 Å². The Morgan fingerprint density at radius 3 is 2.81 bits per heavy atom. The van der Waals surface area contributed by atoms with Gasteiger partial charge in [0.05, 0.1) is 6.04 Å². The standard InChI is InChI=1S/C13H16N2O/c16-13-7-6-11-12(8-9-14-11)15(13)10-4-2-1-3-5-10/h1-5,11-12,14H,6-9H2/t11-,12-/m1/s1. The molecule has 2 aliphatic rings. The summed E-state index contributed by atoms with van der Waals surface area (Å²) < 4.78 is 0. The number of hydrogen-bond acceptors (Lipinski definition) is 2. The van der Waals surface area contributed by atoms with Gasteiger partial charge < -0.3 is 10.2 Å². The molecule has 0 saturated carbocycles. The van der Waals surface area contributed by atoms with E-state index in [0.717, 1.165) is 25.1 Å². The van der Waals surface area contributed by atoms with Crippen molar-refractivity contribution >= 4 is 11.6 Å². The van der Waals surface area contributed by atoms with Crippen LogP contribution in [0.25, 0.3) is 0 Å². The summed E-state index contributed by atoms with van der Waals surface area (Å²) in [7, 11) is 0. The molecule has 2 saturated heterocycles. The van der Waals surface area contributed by atoms with Crippen LogP contribution in [0, 0.1) is 0 Å². The van der Waals surface area contributed by atoms with Gasteiger partial charge in [-0.15, -0.1) is 0 Å². The molecule has 2 fully saturated rings. The molecule has 0 aromatic heterocycles. The monoisotopic (exact) mass is 216 g/mol. The summed E-state index contributed by atoms with van der Waals surface area (Å²) in [5, 5.41) is 3.48.